The topological polar surface area (TPSA) is 63.2 Å². The average molecular weight is 263 g/mol. The van der Waals surface area contributed by atoms with Gasteiger partial charge in [-0.2, -0.15) is 0 Å². The molecule has 0 bridgehead atoms. The predicted octanol–water partition coefficient (Wildman–Crippen LogP) is 1.81. The Kier molecular flexibility index (Phi) is 4.74. The first-order chi connectivity index (χ1) is 9.22. The first kappa shape index (κ1) is 13.8. The van der Waals surface area contributed by atoms with Crippen LogP contribution in [0.3, 0.4) is 0 Å². The first-order valence-electron chi connectivity index (χ1n) is 6.85. The monoisotopic (exact) mass is 263 g/mol. The smallest absolute Gasteiger partial charge is 0.270 e. The van der Waals surface area contributed by atoms with Crippen LogP contribution in [-0.4, -0.2) is 36.2 Å². The van der Waals surface area contributed by atoms with Gasteiger partial charge in [0, 0.05) is 19.2 Å². The second-order valence-electron chi connectivity index (χ2n) is 4.68. The molecule has 5 nitrogen and oxygen atoms in total. The zero-order valence-electron chi connectivity index (χ0n) is 11.5. The van der Waals surface area contributed by atoms with Crippen molar-refractivity contribution in [1.82, 2.24) is 10.3 Å². The molecule has 1 heterocycles. The number of amides is 1. The van der Waals surface area contributed by atoms with Gasteiger partial charge in [0.2, 0.25) is 0 Å². The molecule has 1 saturated carbocycles. The molecular formula is C14H21N3O2. The van der Waals surface area contributed by atoms with Crippen molar-refractivity contribution >= 4 is 11.6 Å². The summed E-state index contributed by atoms with van der Waals surface area (Å²) in [5.74, 6) is -0.108. The lowest BCUT2D eigenvalue weighted by Gasteiger charge is -2.35. The largest absolute Gasteiger partial charge is 0.384 e. The van der Waals surface area contributed by atoms with Crippen molar-refractivity contribution in [1.29, 1.82) is 0 Å². The van der Waals surface area contributed by atoms with Crippen molar-refractivity contribution in [2.45, 2.75) is 38.8 Å². The lowest BCUT2D eigenvalue weighted by molar-refractivity contribution is -0.00866. The normalized spacial score (nSPS) is 21.6. The van der Waals surface area contributed by atoms with Crippen LogP contribution >= 0.6 is 0 Å². The maximum absolute atomic E-state index is 11.9. The number of aromatic nitrogens is 1. The number of hydrogen-bond acceptors (Lipinski definition) is 4. The van der Waals surface area contributed by atoms with Gasteiger partial charge in [0.15, 0.2) is 0 Å². The van der Waals surface area contributed by atoms with Crippen molar-refractivity contribution in [3.63, 3.8) is 0 Å². The fourth-order valence-electron chi connectivity index (χ4n) is 2.15. The Hall–Kier alpha value is -1.62. The van der Waals surface area contributed by atoms with Gasteiger partial charge in [-0.05, 0) is 38.8 Å². The molecule has 1 fully saturated rings. The molecule has 0 saturated heterocycles. The van der Waals surface area contributed by atoms with Crippen LogP contribution in [-0.2, 0) is 4.74 Å². The summed E-state index contributed by atoms with van der Waals surface area (Å²) in [5.41, 5.74) is 1.39. The molecule has 1 aromatic rings. The molecule has 104 valence electrons. The van der Waals surface area contributed by atoms with Gasteiger partial charge >= 0.3 is 0 Å². The van der Waals surface area contributed by atoms with E-state index in [1.54, 1.807) is 12.3 Å². The summed E-state index contributed by atoms with van der Waals surface area (Å²) in [6, 6.07) is 3.83. The van der Waals surface area contributed by atoms with Crippen LogP contribution in [0.2, 0.25) is 0 Å². The van der Waals surface area contributed by atoms with Crippen LogP contribution < -0.4 is 10.6 Å². The molecule has 2 N–H and O–H groups in total. The summed E-state index contributed by atoms with van der Waals surface area (Å²) in [6.45, 7) is 5.58. The number of nitrogens with one attached hydrogen (secondary N) is 2. The number of hydrogen-bond donors (Lipinski definition) is 2. The molecule has 0 aliphatic heterocycles. The molecule has 2 rings (SSSR count). The van der Waals surface area contributed by atoms with E-state index in [0.717, 1.165) is 31.7 Å². The minimum absolute atomic E-state index is 0.108. The second kappa shape index (κ2) is 6.52. The molecular weight excluding hydrogens is 242 g/mol. The highest BCUT2D eigenvalue weighted by atomic mass is 16.5. The van der Waals surface area contributed by atoms with E-state index in [2.05, 4.69) is 15.6 Å². The number of rotatable bonds is 6. The van der Waals surface area contributed by atoms with E-state index in [9.17, 15) is 4.79 Å². The van der Waals surface area contributed by atoms with Gasteiger partial charge in [0.1, 0.15) is 5.69 Å². The van der Waals surface area contributed by atoms with Crippen LogP contribution in [0.15, 0.2) is 18.3 Å². The molecule has 5 heteroatoms. The lowest BCUT2D eigenvalue weighted by Crippen LogP contribution is -2.48. The average Bonchev–Trinajstić information content (AvgIpc) is 2.37. The fourth-order valence-corrected chi connectivity index (χ4v) is 2.15. The molecule has 1 amide bonds. The van der Waals surface area contributed by atoms with Crippen LogP contribution in [0.1, 0.15) is 37.2 Å². The van der Waals surface area contributed by atoms with E-state index in [4.69, 9.17) is 4.74 Å². The maximum atomic E-state index is 11.9. The molecule has 0 unspecified atom stereocenters. The van der Waals surface area contributed by atoms with Crippen LogP contribution in [0.4, 0.5) is 5.69 Å². The SMILES string of the molecule is CCNc1ccc(C(=O)NC2CC(OCC)C2)nc1. The molecule has 1 aliphatic rings. The Bertz CT molecular complexity index is 413. The second-order valence-corrected chi connectivity index (χ2v) is 4.68. The number of nitrogens with zero attached hydrogens (tertiary/aromatic N) is 1. The molecule has 1 aromatic heterocycles. The highest BCUT2D eigenvalue weighted by Gasteiger charge is 2.30. The quantitative estimate of drug-likeness (QED) is 0.821. The molecule has 0 spiro atoms. The molecule has 1 aliphatic carbocycles. The van der Waals surface area contributed by atoms with E-state index in [1.165, 1.54) is 0 Å². The highest BCUT2D eigenvalue weighted by Crippen LogP contribution is 2.23. The Labute approximate surface area is 113 Å². The summed E-state index contributed by atoms with van der Waals surface area (Å²) in [4.78, 5) is 16.1. The zero-order valence-corrected chi connectivity index (χ0v) is 11.5. The Morgan fingerprint density at radius 3 is 2.79 bits per heavy atom. The Morgan fingerprint density at radius 2 is 2.21 bits per heavy atom. The van der Waals surface area contributed by atoms with Gasteiger partial charge in [-0.15, -0.1) is 0 Å². The van der Waals surface area contributed by atoms with Crippen LogP contribution in [0.25, 0.3) is 0 Å². The van der Waals surface area contributed by atoms with E-state index >= 15 is 0 Å². The molecule has 0 radical (unpaired) electrons. The minimum atomic E-state index is -0.108. The third-order valence-electron chi connectivity index (χ3n) is 3.21. The van der Waals surface area contributed by atoms with Gasteiger partial charge < -0.3 is 15.4 Å². The summed E-state index contributed by atoms with van der Waals surface area (Å²) in [6.07, 6.45) is 3.78. The number of carbonyl (C=O) groups is 1. The van der Waals surface area contributed by atoms with E-state index in [0.29, 0.717) is 11.8 Å². The van der Waals surface area contributed by atoms with E-state index in [-0.39, 0.29) is 11.9 Å². The third kappa shape index (κ3) is 3.67. The maximum Gasteiger partial charge on any atom is 0.270 e. The zero-order chi connectivity index (χ0) is 13.7. The van der Waals surface area contributed by atoms with Crippen molar-refractivity contribution in [3.8, 4) is 0 Å². The Morgan fingerprint density at radius 1 is 1.42 bits per heavy atom. The standard InChI is InChI=1S/C14H21N3O2/c1-3-15-10-5-6-13(16-9-10)14(18)17-11-7-12(8-11)19-4-2/h5-6,9,11-12,15H,3-4,7-8H2,1-2H3,(H,17,18). The first-order valence-corrected chi connectivity index (χ1v) is 6.85. The third-order valence-corrected chi connectivity index (χ3v) is 3.21. The molecule has 0 atom stereocenters. The lowest BCUT2D eigenvalue weighted by atomic mass is 9.89. The number of anilines is 1. The summed E-state index contributed by atoms with van der Waals surface area (Å²) in [5, 5.41) is 6.12. The number of pyridine rings is 1. The van der Waals surface area contributed by atoms with Crippen molar-refractivity contribution in [2.24, 2.45) is 0 Å². The van der Waals surface area contributed by atoms with Crippen molar-refractivity contribution in [2.75, 3.05) is 18.5 Å². The fraction of sp³-hybridized carbons (Fsp3) is 0.571. The minimum Gasteiger partial charge on any atom is -0.384 e. The van der Waals surface area contributed by atoms with Crippen LogP contribution in [0, 0.1) is 0 Å². The summed E-state index contributed by atoms with van der Waals surface area (Å²) < 4.78 is 5.46. The van der Waals surface area contributed by atoms with Gasteiger partial charge in [-0.1, -0.05) is 0 Å². The van der Waals surface area contributed by atoms with E-state index < -0.39 is 0 Å². The van der Waals surface area contributed by atoms with Gasteiger partial charge in [0.25, 0.3) is 5.91 Å². The summed E-state index contributed by atoms with van der Waals surface area (Å²) >= 11 is 0. The van der Waals surface area contributed by atoms with Crippen molar-refractivity contribution in [3.05, 3.63) is 24.0 Å². The highest BCUT2D eigenvalue weighted by molar-refractivity contribution is 5.92. The van der Waals surface area contributed by atoms with Gasteiger partial charge in [0.05, 0.1) is 18.0 Å². The molecule has 0 aromatic carbocycles. The van der Waals surface area contributed by atoms with Crippen molar-refractivity contribution < 1.29 is 9.53 Å². The van der Waals surface area contributed by atoms with Crippen LogP contribution in [0.5, 0.6) is 0 Å². The molecule has 19 heavy (non-hydrogen) atoms. The Balaban J connectivity index is 1.80. The van der Waals surface area contributed by atoms with E-state index in [1.807, 2.05) is 19.9 Å². The number of carbonyl (C=O) groups excluding carboxylic acids is 1. The predicted molar refractivity (Wildman–Crippen MR) is 74.3 cm³/mol. The van der Waals surface area contributed by atoms with Gasteiger partial charge in [-0.25, -0.2) is 4.98 Å². The number of ether oxygens (including phenoxy) is 1. The summed E-state index contributed by atoms with van der Waals surface area (Å²) in [7, 11) is 0. The van der Waals surface area contributed by atoms with Gasteiger partial charge in [-0.3, -0.25) is 4.79 Å².